The fourth-order valence-corrected chi connectivity index (χ4v) is 5.20. The van der Waals surface area contributed by atoms with Gasteiger partial charge in [0.2, 0.25) is 5.91 Å². The minimum Gasteiger partial charge on any atom is -0.350 e. The Bertz CT molecular complexity index is 1260. The number of hydrogen-bond donors (Lipinski definition) is 1. The number of carbonyl (C=O) groups is 2. The molecule has 32 heavy (non-hydrogen) atoms. The van der Waals surface area contributed by atoms with Crippen molar-refractivity contribution in [2.45, 2.75) is 24.8 Å². The maximum absolute atomic E-state index is 13.4. The van der Waals surface area contributed by atoms with Gasteiger partial charge in [0, 0.05) is 6.54 Å². The Morgan fingerprint density at radius 3 is 2.34 bits per heavy atom. The van der Waals surface area contributed by atoms with Crippen LogP contribution in [0.3, 0.4) is 0 Å². The molecule has 1 aliphatic rings. The van der Waals surface area contributed by atoms with Crippen LogP contribution in [0, 0.1) is 0 Å². The molecule has 0 atom stereocenters. The highest BCUT2D eigenvalue weighted by Gasteiger charge is 2.43. The number of hydrogen-bond acceptors (Lipinski definition) is 4. The molecule has 0 radical (unpaired) electrons. The number of urea groups is 1. The van der Waals surface area contributed by atoms with E-state index < -0.39 is 22.0 Å². The van der Waals surface area contributed by atoms with Gasteiger partial charge in [0.1, 0.15) is 11.4 Å². The number of nitrogens with zero attached hydrogens (tertiary/aromatic N) is 2. The number of fused-ring (bicyclic) bond motifs is 1. The summed E-state index contributed by atoms with van der Waals surface area (Å²) in [7, 11) is -4.12. The number of anilines is 2. The summed E-state index contributed by atoms with van der Waals surface area (Å²) in [5.41, 5.74) is 2.26. The van der Waals surface area contributed by atoms with Gasteiger partial charge in [0.25, 0.3) is 10.0 Å². The largest absolute Gasteiger partial charge is 0.350 e. The molecule has 1 aliphatic heterocycles. The topological polar surface area (TPSA) is 86.8 Å². The molecule has 0 fully saturated rings. The summed E-state index contributed by atoms with van der Waals surface area (Å²) in [6.07, 6.45) is 0.693. The van der Waals surface area contributed by atoms with E-state index in [9.17, 15) is 18.0 Å². The number of amides is 3. The smallest absolute Gasteiger partial charge is 0.343 e. The van der Waals surface area contributed by atoms with Crippen LogP contribution in [0.5, 0.6) is 0 Å². The van der Waals surface area contributed by atoms with E-state index in [0.717, 1.165) is 15.4 Å². The van der Waals surface area contributed by atoms with Crippen LogP contribution in [-0.4, -0.2) is 26.9 Å². The molecule has 0 spiro atoms. The van der Waals surface area contributed by atoms with Crippen LogP contribution < -0.4 is 14.5 Å². The summed E-state index contributed by atoms with van der Waals surface area (Å²) < 4.78 is 27.4. The first-order valence-electron chi connectivity index (χ1n) is 10.3. The number of nitrogens with one attached hydrogen (secondary N) is 1. The molecule has 8 heteroatoms. The van der Waals surface area contributed by atoms with Crippen LogP contribution in [-0.2, 0) is 27.8 Å². The second-order valence-corrected chi connectivity index (χ2v) is 9.15. The van der Waals surface area contributed by atoms with Gasteiger partial charge in [0.05, 0.1) is 11.4 Å². The third-order valence-electron chi connectivity index (χ3n) is 5.27. The lowest BCUT2D eigenvalue weighted by molar-refractivity contribution is -0.119. The molecular formula is C24H23N3O4S. The normalized spacial score (nSPS) is 14.7. The molecule has 1 N–H and O–H groups in total. The van der Waals surface area contributed by atoms with Gasteiger partial charge in [0.15, 0.2) is 0 Å². The Morgan fingerprint density at radius 1 is 0.906 bits per heavy atom. The molecule has 164 valence electrons. The average Bonchev–Trinajstić information content (AvgIpc) is 2.81. The van der Waals surface area contributed by atoms with E-state index in [-0.39, 0.29) is 22.8 Å². The molecule has 3 aromatic rings. The SMILES string of the molecule is CCc1cccc(N2C(=O)N(CC(=O)NCc3ccccc3)c3ccccc3S2(=O)=O)c1. The number of aryl methyl sites for hydroxylation is 1. The lowest BCUT2D eigenvalue weighted by Crippen LogP contribution is -2.53. The third kappa shape index (κ3) is 4.09. The molecule has 0 aliphatic carbocycles. The molecule has 0 bridgehead atoms. The molecule has 3 amide bonds. The lowest BCUT2D eigenvalue weighted by atomic mass is 10.1. The first-order chi connectivity index (χ1) is 15.4. The fourth-order valence-electron chi connectivity index (χ4n) is 3.61. The second-order valence-electron chi connectivity index (χ2n) is 7.39. The maximum atomic E-state index is 13.4. The van der Waals surface area contributed by atoms with E-state index in [2.05, 4.69) is 5.32 Å². The molecule has 0 unspecified atom stereocenters. The Balaban J connectivity index is 1.67. The first-order valence-corrected chi connectivity index (χ1v) is 11.7. The predicted molar refractivity (Wildman–Crippen MR) is 123 cm³/mol. The van der Waals surface area contributed by atoms with Crippen molar-refractivity contribution in [3.05, 3.63) is 90.0 Å². The zero-order chi connectivity index (χ0) is 22.7. The third-order valence-corrected chi connectivity index (χ3v) is 7.02. The van der Waals surface area contributed by atoms with E-state index in [1.54, 1.807) is 30.3 Å². The summed E-state index contributed by atoms with van der Waals surface area (Å²) in [5.74, 6) is -0.390. The van der Waals surface area contributed by atoms with Crippen molar-refractivity contribution >= 4 is 33.3 Å². The summed E-state index contributed by atoms with van der Waals surface area (Å²) in [6.45, 7) is 1.95. The molecule has 0 saturated carbocycles. The zero-order valence-electron chi connectivity index (χ0n) is 17.6. The van der Waals surface area contributed by atoms with Gasteiger partial charge in [-0.1, -0.05) is 61.5 Å². The Labute approximate surface area is 187 Å². The van der Waals surface area contributed by atoms with Crippen molar-refractivity contribution < 1.29 is 18.0 Å². The summed E-state index contributed by atoms with van der Waals surface area (Å²) in [6, 6.07) is 21.7. The summed E-state index contributed by atoms with van der Waals surface area (Å²) in [5, 5.41) is 2.79. The van der Waals surface area contributed by atoms with Gasteiger partial charge < -0.3 is 5.32 Å². The van der Waals surface area contributed by atoms with Crippen LogP contribution in [0.2, 0.25) is 0 Å². The van der Waals surface area contributed by atoms with E-state index in [1.807, 2.05) is 43.3 Å². The van der Waals surface area contributed by atoms with Crippen LogP contribution in [0.15, 0.2) is 83.8 Å². The molecular weight excluding hydrogens is 426 g/mol. The van der Waals surface area contributed by atoms with Crippen molar-refractivity contribution in [3.63, 3.8) is 0 Å². The number of carbonyl (C=O) groups excluding carboxylic acids is 2. The molecule has 4 rings (SSSR count). The lowest BCUT2D eigenvalue weighted by Gasteiger charge is -2.36. The van der Waals surface area contributed by atoms with Crippen molar-refractivity contribution in [3.8, 4) is 0 Å². The molecule has 0 aromatic heterocycles. The fraction of sp³-hybridized carbons (Fsp3) is 0.167. The number of benzene rings is 3. The summed E-state index contributed by atoms with van der Waals surface area (Å²) >= 11 is 0. The molecule has 3 aromatic carbocycles. The minimum absolute atomic E-state index is 0.0163. The number of rotatable bonds is 6. The molecule has 1 heterocycles. The first kappa shape index (κ1) is 21.6. The highest BCUT2D eigenvalue weighted by molar-refractivity contribution is 7.94. The van der Waals surface area contributed by atoms with Crippen LogP contribution in [0.1, 0.15) is 18.1 Å². The predicted octanol–water partition coefficient (Wildman–Crippen LogP) is 3.70. The maximum Gasteiger partial charge on any atom is 0.343 e. The Morgan fingerprint density at radius 2 is 1.59 bits per heavy atom. The van der Waals surface area contributed by atoms with Crippen molar-refractivity contribution in [1.82, 2.24) is 5.32 Å². The molecule has 0 saturated heterocycles. The quantitative estimate of drug-likeness (QED) is 0.622. The van der Waals surface area contributed by atoms with Gasteiger partial charge in [-0.25, -0.2) is 13.2 Å². The van der Waals surface area contributed by atoms with Crippen molar-refractivity contribution in [1.29, 1.82) is 0 Å². The highest BCUT2D eigenvalue weighted by Crippen LogP contribution is 2.37. The van der Waals surface area contributed by atoms with E-state index in [1.165, 1.54) is 17.0 Å². The molecule has 7 nitrogen and oxygen atoms in total. The van der Waals surface area contributed by atoms with E-state index >= 15 is 0 Å². The van der Waals surface area contributed by atoms with E-state index in [4.69, 9.17) is 0 Å². The highest BCUT2D eigenvalue weighted by atomic mass is 32.2. The van der Waals surface area contributed by atoms with Gasteiger partial charge in [-0.3, -0.25) is 9.69 Å². The van der Waals surface area contributed by atoms with Gasteiger partial charge in [-0.15, -0.1) is 0 Å². The van der Waals surface area contributed by atoms with Crippen LogP contribution in [0.25, 0.3) is 0 Å². The standard InChI is InChI=1S/C24H23N3O4S/c1-2-18-11-8-12-20(15-18)27-24(29)26(21-13-6-7-14-22(21)32(27,30)31)17-23(28)25-16-19-9-4-3-5-10-19/h3-15H,2,16-17H2,1H3,(H,25,28). The number of sulfonamides is 1. The van der Waals surface area contributed by atoms with Gasteiger partial charge >= 0.3 is 6.03 Å². The van der Waals surface area contributed by atoms with E-state index in [0.29, 0.717) is 13.0 Å². The minimum atomic E-state index is -4.12. The monoisotopic (exact) mass is 449 g/mol. The van der Waals surface area contributed by atoms with Gasteiger partial charge in [-0.05, 0) is 41.8 Å². The average molecular weight is 450 g/mol. The summed E-state index contributed by atoms with van der Waals surface area (Å²) in [4.78, 5) is 27.3. The number of para-hydroxylation sites is 1. The van der Waals surface area contributed by atoms with Crippen LogP contribution >= 0.6 is 0 Å². The van der Waals surface area contributed by atoms with Crippen LogP contribution in [0.4, 0.5) is 16.2 Å². The van der Waals surface area contributed by atoms with Gasteiger partial charge in [-0.2, -0.15) is 4.31 Å². The Hall–Kier alpha value is -3.65. The zero-order valence-corrected chi connectivity index (χ0v) is 18.4. The Kier molecular flexibility index (Phi) is 5.96. The van der Waals surface area contributed by atoms with Crippen molar-refractivity contribution in [2.75, 3.05) is 15.7 Å². The second kappa shape index (κ2) is 8.84. The van der Waals surface area contributed by atoms with Crippen molar-refractivity contribution in [2.24, 2.45) is 0 Å².